The molecule has 0 saturated carbocycles. The van der Waals surface area contributed by atoms with Gasteiger partial charge in [-0.3, -0.25) is 0 Å². The van der Waals surface area contributed by atoms with Crippen molar-refractivity contribution in [2.45, 2.75) is 46.2 Å². The first kappa shape index (κ1) is 15.2. The summed E-state index contributed by atoms with van der Waals surface area (Å²) in [4.78, 5) is 2.29. The van der Waals surface area contributed by atoms with Crippen LogP contribution in [0.1, 0.15) is 43.5 Å². The Labute approximate surface area is 112 Å². The van der Waals surface area contributed by atoms with Crippen LogP contribution in [-0.4, -0.2) is 31.1 Å². The van der Waals surface area contributed by atoms with Gasteiger partial charge in [0.2, 0.25) is 0 Å². The fourth-order valence-electron chi connectivity index (χ4n) is 2.29. The van der Waals surface area contributed by atoms with E-state index in [0.29, 0.717) is 6.04 Å². The molecule has 0 radical (unpaired) electrons. The molecule has 0 spiro atoms. The minimum Gasteiger partial charge on any atom is -0.309 e. The van der Waals surface area contributed by atoms with Crippen molar-refractivity contribution in [1.29, 1.82) is 0 Å². The van der Waals surface area contributed by atoms with E-state index in [2.05, 4.69) is 77.1 Å². The Kier molecular flexibility index (Phi) is 4.94. The summed E-state index contributed by atoms with van der Waals surface area (Å²) in [6, 6.07) is 6.94. The molecule has 18 heavy (non-hydrogen) atoms. The summed E-state index contributed by atoms with van der Waals surface area (Å²) >= 11 is 0. The Morgan fingerprint density at radius 3 is 2.33 bits per heavy atom. The van der Waals surface area contributed by atoms with Gasteiger partial charge in [0.15, 0.2) is 0 Å². The lowest BCUT2D eigenvalue weighted by molar-refractivity contribution is 0.138. The third kappa shape index (κ3) is 2.93. The van der Waals surface area contributed by atoms with Crippen molar-refractivity contribution in [3.63, 3.8) is 0 Å². The molecule has 0 bridgehead atoms. The number of nitrogens with one attached hydrogen (secondary N) is 1. The number of hydrogen-bond acceptors (Lipinski definition) is 2. The van der Waals surface area contributed by atoms with Gasteiger partial charge in [-0.25, -0.2) is 0 Å². The van der Waals surface area contributed by atoms with Crippen LogP contribution in [0.4, 0.5) is 0 Å². The first-order valence-corrected chi connectivity index (χ1v) is 6.79. The maximum atomic E-state index is 3.65. The van der Waals surface area contributed by atoms with E-state index in [9.17, 15) is 0 Å². The molecular formula is C16H28N2. The van der Waals surface area contributed by atoms with E-state index in [1.54, 1.807) is 0 Å². The molecule has 1 unspecified atom stereocenters. The topological polar surface area (TPSA) is 15.3 Å². The Hall–Kier alpha value is -0.860. The highest BCUT2D eigenvalue weighted by atomic mass is 15.2. The number of aryl methyl sites for hydroxylation is 1. The van der Waals surface area contributed by atoms with Crippen LogP contribution in [0.25, 0.3) is 0 Å². The molecule has 0 saturated heterocycles. The molecule has 0 fully saturated rings. The largest absolute Gasteiger partial charge is 0.309 e. The molecule has 0 amide bonds. The highest BCUT2D eigenvalue weighted by Crippen LogP contribution is 2.32. The van der Waals surface area contributed by atoms with Gasteiger partial charge < -0.3 is 10.2 Å². The average molecular weight is 248 g/mol. The van der Waals surface area contributed by atoms with Gasteiger partial charge in [-0.1, -0.05) is 25.1 Å². The van der Waals surface area contributed by atoms with Crippen molar-refractivity contribution in [2.24, 2.45) is 0 Å². The van der Waals surface area contributed by atoms with Gasteiger partial charge in [-0.15, -0.1) is 0 Å². The average Bonchev–Trinajstić information content (AvgIpc) is 2.30. The van der Waals surface area contributed by atoms with E-state index in [1.807, 2.05) is 0 Å². The van der Waals surface area contributed by atoms with Crippen molar-refractivity contribution >= 4 is 0 Å². The van der Waals surface area contributed by atoms with Crippen LogP contribution < -0.4 is 5.32 Å². The van der Waals surface area contributed by atoms with Crippen LogP contribution >= 0.6 is 0 Å². The minimum atomic E-state index is 0.0779. The van der Waals surface area contributed by atoms with E-state index in [4.69, 9.17) is 0 Å². The fraction of sp³-hybridized carbons (Fsp3) is 0.625. The molecule has 0 aromatic heterocycles. The molecule has 2 nitrogen and oxygen atoms in total. The van der Waals surface area contributed by atoms with E-state index in [1.165, 1.54) is 16.7 Å². The molecule has 0 aliphatic carbocycles. The van der Waals surface area contributed by atoms with Gasteiger partial charge in [-0.05, 0) is 65.0 Å². The van der Waals surface area contributed by atoms with Crippen LogP contribution in [0.2, 0.25) is 0 Å². The molecule has 0 heterocycles. The second-order valence-corrected chi connectivity index (χ2v) is 5.83. The lowest BCUT2D eigenvalue weighted by Gasteiger charge is -2.41. The van der Waals surface area contributed by atoms with Gasteiger partial charge in [0.25, 0.3) is 0 Å². The van der Waals surface area contributed by atoms with Crippen molar-refractivity contribution < 1.29 is 0 Å². The van der Waals surface area contributed by atoms with E-state index in [-0.39, 0.29) is 5.54 Å². The highest BCUT2D eigenvalue weighted by molar-refractivity contribution is 5.37. The lowest BCUT2D eigenvalue weighted by Crippen LogP contribution is -2.49. The van der Waals surface area contributed by atoms with Crippen LogP contribution in [0.15, 0.2) is 18.2 Å². The van der Waals surface area contributed by atoms with Gasteiger partial charge in [0, 0.05) is 5.54 Å². The monoisotopic (exact) mass is 248 g/mol. The van der Waals surface area contributed by atoms with E-state index < -0.39 is 0 Å². The van der Waals surface area contributed by atoms with Gasteiger partial charge in [0.1, 0.15) is 0 Å². The minimum absolute atomic E-state index is 0.0779. The summed E-state index contributed by atoms with van der Waals surface area (Å²) in [7, 11) is 4.30. The first-order chi connectivity index (χ1) is 8.32. The Bertz CT molecular complexity index is 394. The number of rotatable bonds is 5. The molecule has 1 aromatic rings. The summed E-state index contributed by atoms with van der Waals surface area (Å²) in [6.45, 7) is 12.1. The molecular weight excluding hydrogens is 220 g/mol. The number of nitrogens with zero attached hydrogens (tertiary/aromatic N) is 1. The van der Waals surface area contributed by atoms with Crippen molar-refractivity contribution in [2.75, 3.05) is 20.6 Å². The molecule has 1 rings (SSSR count). The lowest BCUT2D eigenvalue weighted by atomic mass is 9.84. The number of likely N-dealkylation sites (N-methyl/N-ethyl adjacent to an activating group) is 2. The fourth-order valence-corrected chi connectivity index (χ4v) is 2.29. The van der Waals surface area contributed by atoms with E-state index in [0.717, 1.165) is 6.54 Å². The smallest absolute Gasteiger partial charge is 0.0504 e. The summed E-state index contributed by atoms with van der Waals surface area (Å²) in [5.74, 6) is 0. The Morgan fingerprint density at radius 1 is 1.22 bits per heavy atom. The van der Waals surface area contributed by atoms with Crippen LogP contribution in [0.5, 0.6) is 0 Å². The molecule has 2 heteroatoms. The van der Waals surface area contributed by atoms with Crippen molar-refractivity contribution in [3.8, 4) is 0 Å². The zero-order chi connectivity index (χ0) is 13.9. The second kappa shape index (κ2) is 5.85. The summed E-state index contributed by atoms with van der Waals surface area (Å²) in [6.07, 6.45) is 0. The molecule has 102 valence electrons. The molecule has 1 N–H and O–H groups in total. The summed E-state index contributed by atoms with van der Waals surface area (Å²) in [5.41, 5.74) is 4.26. The molecule has 1 atom stereocenters. The highest BCUT2D eigenvalue weighted by Gasteiger charge is 2.33. The molecule has 0 aliphatic rings. The van der Waals surface area contributed by atoms with Crippen LogP contribution in [-0.2, 0) is 0 Å². The quantitative estimate of drug-likeness (QED) is 0.860. The molecule has 1 aromatic carbocycles. The van der Waals surface area contributed by atoms with E-state index >= 15 is 0 Å². The predicted molar refractivity (Wildman–Crippen MR) is 80.1 cm³/mol. The maximum Gasteiger partial charge on any atom is 0.0504 e. The van der Waals surface area contributed by atoms with Crippen LogP contribution in [0, 0.1) is 13.8 Å². The zero-order valence-electron chi connectivity index (χ0n) is 13.0. The zero-order valence-corrected chi connectivity index (χ0v) is 13.0. The second-order valence-electron chi connectivity index (χ2n) is 5.83. The number of hydrogen-bond donors (Lipinski definition) is 1. The SMILES string of the molecule is CCNC(c1cccc(C)c1C)C(C)(C)N(C)C. The van der Waals surface area contributed by atoms with Gasteiger partial charge in [0.05, 0.1) is 6.04 Å². The molecule has 0 aliphatic heterocycles. The van der Waals surface area contributed by atoms with Crippen molar-refractivity contribution in [3.05, 3.63) is 34.9 Å². The maximum absolute atomic E-state index is 3.65. The predicted octanol–water partition coefficient (Wildman–Crippen LogP) is 3.29. The summed E-state index contributed by atoms with van der Waals surface area (Å²) in [5, 5.41) is 3.65. The number of benzene rings is 1. The third-order valence-electron chi connectivity index (χ3n) is 4.22. The normalized spacial score (nSPS) is 14.0. The Balaban J connectivity index is 3.24. The summed E-state index contributed by atoms with van der Waals surface area (Å²) < 4.78 is 0. The first-order valence-electron chi connectivity index (χ1n) is 6.79. The third-order valence-corrected chi connectivity index (χ3v) is 4.22. The van der Waals surface area contributed by atoms with Crippen LogP contribution in [0.3, 0.4) is 0 Å². The van der Waals surface area contributed by atoms with Crippen molar-refractivity contribution in [1.82, 2.24) is 10.2 Å². The standard InChI is InChI=1S/C16H28N2/c1-8-17-15(16(4,5)18(6)7)14-11-9-10-12(2)13(14)3/h9-11,15,17H,8H2,1-7H3. The van der Waals surface area contributed by atoms with Gasteiger partial charge >= 0.3 is 0 Å². The Morgan fingerprint density at radius 2 is 1.83 bits per heavy atom. The van der Waals surface area contributed by atoms with Gasteiger partial charge in [-0.2, -0.15) is 0 Å².